The van der Waals surface area contributed by atoms with E-state index in [1.54, 1.807) is 0 Å². The van der Waals surface area contributed by atoms with Crippen LogP contribution in [0.2, 0.25) is 0 Å². The molecular weight excluding hydrogens is 292 g/mol. The van der Waals surface area contributed by atoms with Gasteiger partial charge in [0.15, 0.2) is 0 Å². The Hall–Kier alpha value is 2.88. The first kappa shape index (κ1) is 36.0. The predicted octanol–water partition coefficient (Wildman–Crippen LogP) is -4.00. The third-order valence-electron chi connectivity index (χ3n) is 0. The Kier molecular flexibility index (Phi) is 56.3. The minimum absolute atomic E-state index is 0. The molecule has 0 spiro atoms. The molecule has 0 amide bonds. The van der Waals surface area contributed by atoms with Crippen molar-refractivity contribution in [2.45, 2.75) is 0 Å². The molecule has 0 aliphatic heterocycles. The van der Waals surface area contributed by atoms with Gasteiger partial charge in [0.2, 0.25) is 0 Å². The summed E-state index contributed by atoms with van der Waals surface area (Å²) in [5.74, 6) is 0. The van der Waals surface area contributed by atoms with Crippen LogP contribution in [0.25, 0.3) is 0 Å². The fourth-order valence-corrected chi connectivity index (χ4v) is 0. The first-order chi connectivity index (χ1) is 3.73. The van der Waals surface area contributed by atoms with Gasteiger partial charge < -0.3 is 15.7 Å². The van der Waals surface area contributed by atoms with Crippen LogP contribution in [0, 0.1) is 0 Å². The summed E-state index contributed by atoms with van der Waals surface area (Å²) < 4.78 is 31.6. The van der Waals surface area contributed by atoms with Crippen LogP contribution in [-0.4, -0.2) is 153 Å². The van der Waals surface area contributed by atoms with E-state index < -0.39 is 16.6 Å². The maximum absolute atomic E-state index is 8.74. The maximum atomic E-state index is 8.74. The van der Waals surface area contributed by atoms with E-state index in [2.05, 4.69) is 0 Å². The van der Waals surface area contributed by atoms with E-state index in [1.807, 2.05) is 0 Å². The molecule has 0 saturated heterocycles. The Labute approximate surface area is 164 Å². The predicted molar refractivity (Wildman–Crippen MR) is 54.1 cm³/mol. The van der Waals surface area contributed by atoms with Crippen LogP contribution in [0.15, 0.2) is 0 Å². The molecule has 0 aromatic rings. The van der Waals surface area contributed by atoms with Gasteiger partial charge in [-0.3, -0.25) is 9.11 Å². The second kappa shape index (κ2) is 20.3. The number of rotatable bonds is 0. The van der Waals surface area contributed by atoms with Crippen molar-refractivity contribution in [1.29, 1.82) is 0 Å². The van der Waals surface area contributed by atoms with Crippen LogP contribution < -0.4 is 0 Å². The number of hydrogen-bond acceptors (Lipinski definition) is 3. The Bertz CT molecular complexity index is 162. The van der Waals surface area contributed by atoms with E-state index >= 15 is 0 Å². The molecule has 0 aromatic carbocycles. The van der Waals surface area contributed by atoms with Crippen LogP contribution in [0.3, 0.4) is 0 Å². The summed E-state index contributed by atoms with van der Waals surface area (Å²) in [5, 5.41) is 13.9. The van der Waals surface area contributed by atoms with Gasteiger partial charge in [0.05, 0.1) is 0 Å². The first-order valence-corrected chi connectivity index (χ1v) is 2.75. The SMILES string of the molecule is O.O=C(O)O.O=S(=O)(O)O.[CaH2].[CaH2].[CaH2]. The molecule has 0 saturated carbocycles. The van der Waals surface area contributed by atoms with Crippen LogP contribution in [-0.2, 0) is 10.4 Å². The summed E-state index contributed by atoms with van der Waals surface area (Å²) >= 11 is 0. The van der Waals surface area contributed by atoms with Gasteiger partial charge in [0.1, 0.15) is 0 Å². The summed E-state index contributed by atoms with van der Waals surface area (Å²) in [7, 11) is -4.67. The monoisotopic (exact) mass is 304 g/mol. The van der Waals surface area contributed by atoms with Crippen LogP contribution in [0.1, 0.15) is 0 Å². The van der Waals surface area contributed by atoms with Gasteiger partial charge in [0, 0.05) is 0 Å². The molecule has 0 atom stereocenters. The Morgan fingerprint density at radius 3 is 0.923 bits per heavy atom. The van der Waals surface area contributed by atoms with Crippen molar-refractivity contribution in [2.75, 3.05) is 0 Å². The molecule has 12 heteroatoms. The summed E-state index contributed by atoms with van der Waals surface area (Å²) in [6.07, 6.45) is -1.83. The van der Waals surface area contributed by atoms with E-state index in [0.717, 1.165) is 0 Å². The average Bonchev–Trinajstić information content (AvgIpc) is 1.19. The Balaban J connectivity index is -0.0000000146. The molecule has 0 bridgehead atoms. The van der Waals surface area contributed by atoms with Crippen molar-refractivity contribution >= 4 is 130 Å². The summed E-state index contributed by atoms with van der Waals surface area (Å²) in [6, 6.07) is 0. The molecule has 0 unspecified atom stereocenters. The van der Waals surface area contributed by atoms with Gasteiger partial charge in [-0.25, -0.2) is 4.79 Å². The summed E-state index contributed by atoms with van der Waals surface area (Å²) in [5.41, 5.74) is 0. The minimum atomic E-state index is -4.67. The van der Waals surface area contributed by atoms with Crippen molar-refractivity contribution < 1.29 is 38.0 Å². The standard InChI is InChI=1S/CH2O3.3Ca.H2O4S.H2O.6H/c2-1(3)4;;;;1-5(2,3)4;;;;;;;/h(H2,2,3,4);;;;(H2,1,2,3,4);1H2;;;;;;. The average molecular weight is 304 g/mol. The second-order valence-electron chi connectivity index (χ2n) is 0.730. The third-order valence-corrected chi connectivity index (χ3v) is 0. The zero-order chi connectivity index (χ0) is 8.08. The van der Waals surface area contributed by atoms with E-state index in [-0.39, 0.29) is 119 Å². The normalized spacial score (nSPS) is 6.31. The van der Waals surface area contributed by atoms with E-state index in [4.69, 9.17) is 32.5 Å². The molecule has 0 radical (unpaired) electrons. The Morgan fingerprint density at radius 1 is 0.923 bits per heavy atom. The second-order valence-corrected chi connectivity index (χ2v) is 1.63. The van der Waals surface area contributed by atoms with Crippen LogP contribution in [0.4, 0.5) is 4.79 Å². The van der Waals surface area contributed by atoms with Gasteiger partial charge in [-0.1, -0.05) is 0 Å². The van der Waals surface area contributed by atoms with E-state index in [0.29, 0.717) is 0 Å². The molecule has 0 fully saturated rings. The quantitative estimate of drug-likeness (QED) is 0.261. The van der Waals surface area contributed by atoms with E-state index in [1.165, 1.54) is 0 Å². The zero-order valence-electron chi connectivity index (χ0n) is 4.42. The molecule has 13 heavy (non-hydrogen) atoms. The third kappa shape index (κ3) is 298. The molecule has 0 aliphatic rings. The van der Waals surface area contributed by atoms with Crippen LogP contribution >= 0.6 is 0 Å². The van der Waals surface area contributed by atoms with E-state index in [9.17, 15) is 0 Å². The van der Waals surface area contributed by atoms with Gasteiger partial charge in [-0.15, -0.1) is 0 Å². The first-order valence-electron chi connectivity index (χ1n) is 1.35. The zero-order valence-corrected chi connectivity index (χ0v) is 5.24. The number of carboxylic acid groups (broad SMARTS) is 2. The molecule has 76 valence electrons. The summed E-state index contributed by atoms with van der Waals surface area (Å²) in [6.45, 7) is 0. The molecule has 0 rings (SSSR count). The van der Waals surface area contributed by atoms with Gasteiger partial charge in [-0.05, 0) is 0 Å². The topological polar surface area (TPSA) is 164 Å². The van der Waals surface area contributed by atoms with Gasteiger partial charge in [0.25, 0.3) is 0 Å². The molecule has 6 N–H and O–H groups in total. The number of hydrogen-bond donors (Lipinski definition) is 4. The molecular formula is CH12Ca3O8S. The van der Waals surface area contributed by atoms with Gasteiger partial charge >= 0.3 is 130 Å². The Morgan fingerprint density at radius 2 is 0.923 bits per heavy atom. The fourth-order valence-electron chi connectivity index (χ4n) is 0. The van der Waals surface area contributed by atoms with Crippen molar-refractivity contribution in [3.63, 3.8) is 0 Å². The molecule has 0 heterocycles. The van der Waals surface area contributed by atoms with Crippen molar-refractivity contribution in [2.24, 2.45) is 0 Å². The van der Waals surface area contributed by atoms with Crippen molar-refractivity contribution in [3.8, 4) is 0 Å². The van der Waals surface area contributed by atoms with Crippen molar-refractivity contribution in [1.82, 2.24) is 0 Å². The molecule has 0 aliphatic carbocycles. The number of carbonyl (C=O) groups is 1. The van der Waals surface area contributed by atoms with Gasteiger partial charge in [-0.2, -0.15) is 8.42 Å². The molecule has 0 aromatic heterocycles. The fraction of sp³-hybridized carbons (Fsp3) is 0. The summed E-state index contributed by atoms with van der Waals surface area (Å²) in [4.78, 5) is 8.56. The molecule has 8 nitrogen and oxygen atoms in total. The van der Waals surface area contributed by atoms with Crippen molar-refractivity contribution in [3.05, 3.63) is 0 Å². The van der Waals surface area contributed by atoms with Crippen LogP contribution in [0.5, 0.6) is 0 Å².